The first-order valence-electron chi connectivity index (χ1n) is 9.16. The van der Waals surface area contributed by atoms with Crippen LogP contribution < -0.4 is 9.36 Å². The van der Waals surface area contributed by atoms with Crippen LogP contribution in [0.25, 0.3) is 0 Å². The molecule has 9 heteroatoms. The van der Waals surface area contributed by atoms with Crippen LogP contribution in [0.15, 0.2) is 18.7 Å². The molecular weight excluding hydrogens is 318 g/mol. The molecule has 0 aromatic carbocycles. The molecule has 0 fully saturated rings. The van der Waals surface area contributed by atoms with Crippen LogP contribution in [0.3, 0.4) is 0 Å². The largest absolute Gasteiger partial charge is 0.313 e. The van der Waals surface area contributed by atoms with Crippen LogP contribution in [0.5, 0.6) is 0 Å². The van der Waals surface area contributed by atoms with E-state index in [1.807, 2.05) is 6.33 Å². The third-order valence-corrected chi connectivity index (χ3v) is 5.80. The van der Waals surface area contributed by atoms with Crippen molar-refractivity contribution in [2.45, 2.75) is 63.8 Å². The Labute approximate surface area is 144 Å². The number of hydrogen-bond donors (Lipinski definition) is 0. The maximum atomic E-state index is 4.82. The number of rotatable bonds is 2. The maximum Gasteiger partial charge on any atom is 0.172 e. The molecule has 6 rings (SSSR count). The topological polar surface area (TPSA) is 74.1 Å². The summed E-state index contributed by atoms with van der Waals surface area (Å²) in [6, 6.07) is 0.744. The predicted octanol–water partition coefficient (Wildman–Crippen LogP) is -0.823. The Kier molecular flexibility index (Phi) is 2.72. The van der Waals surface area contributed by atoms with Gasteiger partial charge < -0.3 is 4.57 Å². The van der Waals surface area contributed by atoms with Gasteiger partial charge in [0.25, 0.3) is 0 Å². The standard InChI is InChI=1S/C16H21N9/c1-2-4-22-12(3-1)8-23(19-22)13-5-14-10-25(20-24(14)9-13)15-6-16-18-17-11-21(16)7-15/h8,10-11,13,15H,1-7,9H2/q+2. The van der Waals surface area contributed by atoms with E-state index < -0.39 is 0 Å². The molecule has 25 heavy (non-hydrogen) atoms. The van der Waals surface area contributed by atoms with Gasteiger partial charge in [0, 0.05) is 6.42 Å². The van der Waals surface area contributed by atoms with E-state index in [1.165, 1.54) is 24.2 Å². The monoisotopic (exact) mass is 339 g/mol. The summed E-state index contributed by atoms with van der Waals surface area (Å²) in [6.45, 7) is 2.88. The van der Waals surface area contributed by atoms with Crippen LogP contribution in [0, 0.1) is 0 Å². The summed E-state index contributed by atoms with van der Waals surface area (Å²) in [5.74, 6) is 1.06. The van der Waals surface area contributed by atoms with Crippen LogP contribution in [0.1, 0.15) is 42.1 Å². The van der Waals surface area contributed by atoms with Gasteiger partial charge >= 0.3 is 0 Å². The zero-order valence-electron chi connectivity index (χ0n) is 14.1. The highest BCUT2D eigenvalue weighted by molar-refractivity contribution is 5.00. The molecule has 3 aliphatic heterocycles. The van der Waals surface area contributed by atoms with Gasteiger partial charge in [-0.05, 0) is 12.8 Å². The predicted molar refractivity (Wildman–Crippen MR) is 83.3 cm³/mol. The van der Waals surface area contributed by atoms with Crippen molar-refractivity contribution in [2.24, 2.45) is 0 Å². The van der Waals surface area contributed by atoms with Gasteiger partial charge in [0.15, 0.2) is 36.4 Å². The van der Waals surface area contributed by atoms with E-state index in [0.29, 0.717) is 12.1 Å². The van der Waals surface area contributed by atoms with Gasteiger partial charge in [-0.15, -0.1) is 28.9 Å². The molecule has 0 spiro atoms. The van der Waals surface area contributed by atoms with E-state index in [4.69, 9.17) is 10.4 Å². The molecule has 3 aromatic heterocycles. The van der Waals surface area contributed by atoms with Gasteiger partial charge in [-0.25, -0.2) is 0 Å². The second-order valence-electron chi connectivity index (χ2n) is 7.46. The second-order valence-corrected chi connectivity index (χ2v) is 7.46. The molecule has 2 atom stereocenters. The van der Waals surface area contributed by atoms with Crippen LogP contribution >= 0.6 is 0 Å². The third kappa shape index (κ3) is 2.07. The van der Waals surface area contributed by atoms with Crippen LogP contribution in [-0.4, -0.2) is 34.6 Å². The van der Waals surface area contributed by atoms with Crippen molar-refractivity contribution in [2.75, 3.05) is 0 Å². The smallest absolute Gasteiger partial charge is 0.172 e. The quantitative estimate of drug-likeness (QED) is 0.572. The van der Waals surface area contributed by atoms with E-state index >= 15 is 0 Å². The van der Waals surface area contributed by atoms with E-state index in [0.717, 1.165) is 44.7 Å². The highest BCUT2D eigenvalue weighted by Gasteiger charge is 2.39. The fourth-order valence-electron chi connectivity index (χ4n) is 4.42. The van der Waals surface area contributed by atoms with E-state index in [1.54, 1.807) is 0 Å². The molecule has 3 aromatic rings. The van der Waals surface area contributed by atoms with Crippen molar-refractivity contribution in [3.05, 3.63) is 35.9 Å². The summed E-state index contributed by atoms with van der Waals surface area (Å²) in [7, 11) is 0. The first kappa shape index (κ1) is 13.7. The maximum absolute atomic E-state index is 4.82. The summed E-state index contributed by atoms with van der Waals surface area (Å²) in [5.41, 5.74) is 2.67. The minimum atomic E-state index is 0.356. The van der Waals surface area contributed by atoms with Crippen LogP contribution in [-0.2, 0) is 38.9 Å². The Morgan fingerprint density at radius 3 is 2.60 bits per heavy atom. The first-order chi connectivity index (χ1) is 12.3. The Balaban J connectivity index is 1.21. The van der Waals surface area contributed by atoms with Gasteiger partial charge in [0.1, 0.15) is 24.7 Å². The van der Waals surface area contributed by atoms with E-state index in [-0.39, 0.29) is 0 Å². The molecule has 0 N–H and O–H groups in total. The fourth-order valence-corrected chi connectivity index (χ4v) is 4.42. The summed E-state index contributed by atoms with van der Waals surface area (Å²) in [6.07, 6.45) is 11.9. The lowest BCUT2D eigenvalue weighted by Crippen LogP contribution is -2.45. The molecule has 9 nitrogen and oxygen atoms in total. The molecular formula is C16H21N9+2. The number of aromatic nitrogens is 9. The molecule has 0 amide bonds. The highest BCUT2D eigenvalue weighted by atomic mass is 15.6. The van der Waals surface area contributed by atoms with Crippen molar-refractivity contribution >= 4 is 0 Å². The number of aryl methyl sites for hydroxylation is 2. The summed E-state index contributed by atoms with van der Waals surface area (Å²) < 4.78 is 10.7. The summed E-state index contributed by atoms with van der Waals surface area (Å²) in [4.78, 5) is 0. The molecule has 128 valence electrons. The number of fused-ring (bicyclic) bond motifs is 3. The van der Waals surface area contributed by atoms with Crippen molar-refractivity contribution in [1.82, 2.24) is 34.6 Å². The molecule has 0 saturated carbocycles. The van der Waals surface area contributed by atoms with Crippen molar-refractivity contribution in [1.29, 1.82) is 0 Å². The van der Waals surface area contributed by atoms with Gasteiger partial charge in [0.2, 0.25) is 0 Å². The minimum Gasteiger partial charge on any atom is -0.313 e. The van der Waals surface area contributed by atoms with Crippen LogP contribution in [0.2, 0.25) is 0 Å². The first-order valence-corrected chi connectivity index (χ1v) is 9.16. The molecule has 6 heterocycles. The van der Waals surface area contributed by atoms with Crippen molar-refractivity contribution in [3.8, 4) is 0 Å². The zero-order valence-corrected chi connectivity index (χ0v) is 14.1. The van der Waals surface area contributed by atoms with Crippen LogP contribution in [0.4, 0.5) is 0 Å². The molecule has 0 bridgehead atoms. The van der Waals surface area contributed by atoms with Gasteiger partial charge in [0.05, 0.1) is 29.8 Å². The lowest BCUT2D eigenvalue weighted by Gasteiger charge is -2.03. The average molecular weight is 339 g/mol. The van der Waals surface area contributed by atoms with E-state index in [9.17, 15) is 0 Å². The molecule has 2 unspecified atom stereocenters. The summed E-state index contributed by atoms with van der Waals surface area (Å²) in [5, 5.41) is 17.7. The second kappa shape index (κ2) is 4.96. The normalized spacial score (nSPS) is 24.3. The summed E-state index contributed by atoms with van der Waals surface area (Å²) >= 11 is 0. The zero-order chi connectivity index (χ0) is 16.4. The third-order valence-electron chi connectivity index (χ3n) is 5.80. The van der Waals surface area contributed by atoms with Gasteiger partial charge in [-0.3, -0.25) is 0 Å². The molecule has 0 saturated heterocycles. The lowest BCUT2D eigenvalue weighted by molar-refractivity contribution is -0.787. The minimum absolute atomic E-state index is 0.356. The van der Waals surface area contributed by atoms with Gasteiger partial charge in [-0.2, -0.15) is 0 Å². The van der Waals surface area contributed by atoms with Crippen molar-refractivity contribution in [3.63, 3.8) is 0 Å². The van der Waals surface area contributed by atoms with Crippen molar-refractivity contribution < 1.29 is 9.36 Å². The Morgan fingerprint density at radius 2 is 1.76 bits per heavy atom. The molecule has 0 radical (unpaired) electrons. The Hall–Kier alpha value is -2.58. The van der Waals surface area contributed by atoms with E-state index in [2.05, 4.69) is 45.9 Å². The molecule has 3 aliphatic rings. The lowest BCUT2D eigenvalue weighted by atomic mass is 10.1. The van der Waals surface area contributed by atoms with Gasteiger partial charge in [-0.1, -0.05) is 0 Å². The Bertz CT molecular complexity index is 881. The fraction of sp³-hybridized carbons (Fsp3) is 0.625. The number of nitrogens with zero attached hydrogens (tertiary/aromatic N) is 9. The average Bonchev–Trinajstić information content (AvgIpc) is 3.36. The molecule has 0 aliphatic carbocycles. The SMILES string of the molecule is c1nnc2n1CC([n+]1cc3n(n1)CC([n+]1cc4n(n1)CCCC4)C3)C2. The highest BCUT2D eigenvalue weighted by Crippen LogP contribution is 2.22. The Morgan fingerprint density at radius 1 is 0.920 bits per heavy atom. The number of hydrogen-bond acceptors (Lipinski definition) is 4.